The molecule has 26 heavy (non-hydrogen) atoms. The number of nitrogens with one attached hydrogen (secondary N) is 1. The Hall–Kier alpha value is -2.52. The Labute approximate surface area is 150 Å². The van der Waals surface area contributed by atoms with E-state index in [-0.39, 0.29) is 11.1 Å². The van der Waals surface area contributed by atoms with Gasteiger partial charge in [-0.15, -0.1) is 0 Å². The van der Waals surface area contributed by atoms with E-state index in [1.165, 1.54) is 12.1 Å². The van der Waals surface area contributed by atoms with E-state index in [0.29, 0.717) is 11.6 Å². The van der Waals surface area contributed by atoms with E-state index in [2.05, 4.69) is 10.2 Å². The molecule has 1 unspecified atom stereocenters. The first-order valence-electron chi connectivity index (χ1n) is 8.69. The zero-order chi connectivity index (χ0) is 18.3. The fourth-order valence-electron chi connectivity index (χ4n) is 4.01. The van der Waals surface area contributed by atoms with Crippen LogP contribution in [0.15, 0.2) is 36.4 Å². The third kappa shape index (κ3) is 2.93. The number of nitriles is 1. The van der Waals surface area contributed by atoms with Gasteiger partial charge in [-0.05, 0) is 60.3 Å². The number of anilines is 1. The molecule has 0 saturated carbocycles. The molecule has 0 amide bonds. The van der Waals surface area contributed by atoms with Crippen LogP contribution in [-0.4, -0.2) is 25.7 Å². The van der Waals surface area contributed by atoms with Crippen molar-refractivity contribution < 1.29 is 13.2 Å². The third-order valence-electron chi connectivity index (χ3n) is 5.23. The molecule has 2 heterocycles. The Kier molecular flexibility index (Phi) is 4.12. The van der Waals surface area contributed by atoms with Crippen molar-refractivity contribution in [1.82, 2.24) is 5.32 Å². The number of rotatable bonds is 1. The second-order valence-electron chi connectivity index (χ2n) is 6.80. The van der Waals surface area contributed by atoms with Crippen molar-refractivity contribution in [3.8, 4) is 17.2 Å². The van der Waals surface area contributed by atoms with Crippen molar-refractivity contribution in [1.29, 1.82) is 5.26 Å². The Balaban J connectivity index is 1.76. The summed E-state index contributed by atoms with van der Waals surface area (Å²) in [6.45, 7) is 2.81. The predicted octanol–water partition coefficient (Wildman–Crippen LogP) is 3.97. The number of nitrogens with zero attached hydrogens (tertiary/aromatic N) is 2. The fourth-order valence-corrected chi connectivity index (χ4v) is 4.01. The third-order valence-corrected chi connectivity index (χ3v) is 5.23. The Morgan fingerprint density at radius 3 is 2.73 bits per heavy atom. The summed E-state index contributed by atoms with van der Waals surface area (Å²) in [6, 6.07) is 11.6. The fraction of sp³-hybridized carbons (Fsp3) is 0.350. The first kappa shape index (κ1) is 16.9. The molecular formula is C20H18F3N3. The molecule has 3 nitrogen and oxygen atoms in total. The normalized spacial score (nSPS) is 19.5. The Bertz CT molecular complexity index is 883. The molecule has 4 rings (SSSR count). The van der Waals surface area contributed by atoms with E-state index in [0.717, 1.165) is 49.8 Å². The Morgan fingerprint density at radius 2 is 1.96 bits per heavy atom. The second-order valence-corrected chi connectivity index (χ2v) is 6.80. The molecule has 2 aliphatic rings. The highest BCUT2D eigenvalue weighted by Crippen LogP contribution is 2.41. The maximum absolute atomic E-state index is 13.5. The van der Waals surface area contributed by atoms with E-state index in [9.17, 15) is 13.2 Å². The summed E-state index contributed by atoms with van der Waals surface area (Å²) < 4.78 is 40.5. The molecule has 0 aliphatic carbocycles. The van der Waals surface area contributed by atoms with Gasteiger partial charge in [0.15, 0.2) is 0 Å². The quantitative estimate of drug-likeness (QED) is 0.839. The highest BCUT2D eigenvalue weighted by atomic mass is 19.4. The highest BCUT2D eigenvalue weighted by molar-refractivity contribution is 5.74. The summed E-state index contributed by atoms with van der Waals surface area (Å²) in [4.78, 5) is 2.36. The van der Waals surface area contributed by atoms with Gasteiger partial charge >= 0.3 is 6.18 Å². The minimum atomic E-state index is -4.50. The number of hydrogen-bond acceptors (Lipinski definition) is 3. The van der Waals surface area contributed by atoms with E-state index in [1.807, 2.05) is 12.1 Å². The zero-order valence-corrected chi connectivity index (χ0v) is 14.1. The van der Waals surface area contributed by atoms with Gasteiger partial charge in [0.25, 0.3) is 0 Å². The summed E-state index contributed by atoms with van der Waals surface area (Å²) in [6.07, 6.45) is -2.60. The summed E-state index contributed by atoms with van der Waals surface area (Å²) in [5.74, 6) is 0. The highest BCUT2D eigenvalue weighted by Gasteiger charge is 2.35. The zero-order valence-electron chi connectivity index (χ0n) is 14.1. The summed E-state index contributed by atoms with van der Waals surface area (Å²) >= 11 is 0. The molecule has 6 heteroatoms. The van der Waals surface area contributed by atoms with Crippen LogP contribution < -0.4 is 10.2 Å². The van der Waals surface area contributed by atoms with Crippen LogP contribution in [0.5, 0.6) is 0 Å². The lowest BCUT2D eigenvalue weighted by molar-refractivity contribution is -0.137. The van der Waals surface area contributed by atoms with Crippen LogP contribution in [0.25, 0.3) is 11.1 Å². The average molecular weight is 357 g/mol. The molecule has 1 saturated heterocycles. The predicted molar refractivity (Wildman–Crippen MR) is 93.9 cm³/mol. The lowest BCUT2D eigenvalue weighted by Gasteiger charge is -2.24. The van der Waals surface area contributed by atoms with Gasteiger partial charge in [-0.3, -0.25) is 0 Å². The van der Waals surface area contributed by atoms with Crippen LogP contribution in [0.3, 0.4) is 0 Å². The van der Waals surface area contributed by atoms with Crippen LogP contribution in [0.2, 0.25) is 0 Å². The van der Waals surface area contributed by atoms with Gasteiger partial charge in [0.05, 0.1) is 17.2 Å². The monoisotopic (exact) mass is 357 g/mol. The maximum Gasteiger partial charge on any atom is 0.417 e. The van der Waals surface area contributed by atoms with Crippen LogP contribution in [0.1, 0.15) is 23.1 Å². The summed E-state index contributed by atoms with van der Waals surface area (Å²) in [5.41, 5.74) is 2.17. The molecule has 2 aromatic rings. The standard InChI is InChI=1S/C20H18F3N3/c21-20(22,23)18-9-13(12-24)1-3-17(18)14-2-4-19-15(10-14)11-16-5-6-25-7-8-26(16)19/h1-4,9-10,16,25H,5-8,11H2. The van der Waals surface area contributed by atoms with Gasteiger partial charge in [0.1, 0.15) is 0 Å². The minimum absolute atomic E-state index is 0.0168. The molecule has 2 aliphatic heterocycles. The van der Waals surface area contributed by atoms with Crippen molar-refractivity contribution in [3.63, 3.8) is 0 Å². The van der Waals surface area contributed by atoms with Crippen molar-refractivity contribution in [3.05, 3.63) is 53.1 Å². The topological polar surface area (TPSA) is 39.1 Å². The van der Waals surface area contributed by atoms with E-state index >= 15 is 0 Å². The lowest BCUT2D eigenvalue weighted by atomic mass is 9.95. The maximum atomic E-state index is 13.5. The van der Waals surface area contributed by atoms with Crippen LogP contribution in [-0.2, 0) is 12.6 Å². The molecule has 0 spiro atoms. The number of benzene rings is 2. The van der Waals surface area contributed by atoms with E-state index < -0.39 is 11.7 Å². The first-order valence-corrected chi connectivity index (χ1v) is 8.69. The number of halogens is 3. The lowest BCUT2D eigenvalue weighted by Crippen LogP contribution is -2.32. The summed E-state index contributed by atoms with van der Waals surface area (Å²) in [7, 11) is 0. The van der Waals surface area contributed by atoms with Gasteiger partial charge < -0.3 is 10.2 Å². The van der Waals surface area contributed by atoms with E-state index in [4.69, 9.17) is 5.26 Å². The molecular weight excluding hydrogens is 339 g/mol. The molecule has 1 N–H and O–H groups in total. The number of hydrogen-bond donors (Lipinski definition) is 1. The van der Waals surface area contributed by atoms with Crippen molar-refractivity contribution >= 4 is 5.69 Å². The van der Waals surface area contributed by atoms with Crippen molar-refractivity contribution in [2.45, 2.75) is 25.1 Å². The molecule has 1 fully saturated rings. The molecule has 2 aromatic carbocycles. The second kappa shape index (κ2) is 6.33. The molecule has 0 aromatic heterocycles. The number of fused-ring (bicyclic) bond motifs is 3. The number of alkyl halides is 3. The van der Waals surface area contributed by atoms with Gasteiger partial charge in [0.2, 0.25) is 0 Å². The SMILES string of the molecule is N#Cc1ccc(-c2ccc3c(c2)CC2CCNCCN32)c(C(F)(F)F)c1. The van der Waals surface area contributed by atoms with Crippen LogP contribution in [0, 0.1) is 11.3 Å². The van der Waals surface area contributed by atoms with Crippen molar-refractivity contribution in [2.75, 3.05) is 24.5 Å². The molecule has 0 radical (unpaired) electrons. The molecule has 134 valence electrons. The molecule has 0 bridgehead atoms. The van der Waals surface area contributed by atoms with Gasteiger partial charge in [-0.25, -0.2) is 0 Å². The van der Waals surface area contributed by atoms with E-state index in [1.54, 1.807) is 12.1 Å². The first-order chi connectivity index (χ1) is 12.5. The summed E-state index contributed by atoms with van der Waals surface area (Å²) in [5, 5.41) is 12.3. The Morgan fingerprint density at radius 1 is 1.12 bits per heavy atom. The van der Waals surface area contributed by atoms with Crippen LogP contribution in [0.4, 0.5) is 18.9 Å². The van der Waals surface area contributed by atoms with Gasteiger partial charge in [0, 0.05) is 24.8 Å². The van der Waals surface area contributed by atoms with Crippen LogP contribution >= 0.6 is 0 Å². The van der Waals surface area contributed by atoms with Gasteiger partial charge in [-0.1, -0.05) is 12.1 Å². The average Bonchev–Trinajstić information content (AvgIpc) is 2.80. The minimum Gasteiger partial charge on any atom is -0.367 e. The van der Waals surface area contributed by atoms with Gasteiger partial charge in [-0.2, -0.15) is 18.4 Å². The smallest absolute Gasteiger partial charge is 0.367 e. The molecule has 1 atom stereocenters. The van der Waals surface area contributed by atoms with Crippen molar-refractivity contribution in [2.24, 2.45) is 0 Å². The largest absolute Gasteiger partial charge is 0.417 e.